The standard InChI is InChI=1S/C23H40O3Si/c1-15-12-17-18-6-7-21(25)22(18,2)10-9-19(17)23(14-26-27(3,4)5)11-8-16(24)13-20(15)23/h16-19,21,24-25H,6-14H2,1-5H3/t16-,17-,18-,19-,21-,22-,23-/m0/s1. The summed E-state index contributed by atoms with van der Waals surface area (Å²) in [6, 6.07) is 0. The number of hydrogen-bond donors (Lipinski definition) is 2. The number of fused-ring (bicyclic) bond motifs is 5. The Morgan fingerprint density at radius 2 is 1.74 bits per heavy atom. The molecule has 154 valence electrons. The quantitative estimate of drug-likeness (QED) is 0.531. The summed E-state index contributed by atoms with van der Waals surface area (Å²) in [5.74, 6) is 2.01. The van der Waals surface area contributed by atoms with Crippen LogP contribution in [-0.2, 0) is 4.43 Å². The summed E-state index contributed by atoms with van der Waals surface area (Å²) in [6.45, 7) is 12.4. The van der Waals surface area contributed by atoms with Crippen molar-refractivity contribution >= 4 is 8.32 Å². The molecular formula is C23H40O3Si. The van der Waals surface area contributed by atoms with Gasteiger partial charge in [0.15, 0.2) is 8.32 Å². The average Bonchev–Trinajstić information content (AvgIpc) is 2.89. The van der Waals surface area contributed by atoms with Crippen LogP contribution >= 0.6 is 0 Å². The molecule has 3 saturated carbocycles. The van der Waals surface area contributed by atoms with Gasteiger partial charge >= 0.3 is 0 Å². The highest BCUT2D eigenvalue weighted by atomic mass is 28.4. The van der Waals surface area contributed by atoms with E-state index in [2.05, 4.69) is 33.5 Å². The lowest BCUT2D eigenvalue weighted by atomic mass is 9.46. The van der Waals surface area contributed by atoms with E-state index in [4.69, 9.17) is 4.43 Å². The van der Waals surface area contributed by atoms with Crippen LogP contribution in [0.5, 0.6) is 0 Å². The maximum Gasteiger partial charge on any atom is 0.183 e. The van der Waals surface area contributed by atoms with Gasteiger partial charge in [-0.3, -0.25) is 0 Å². The second-order valence-corrected chi connectivity index (χ2v) is 15.9. The molecule has 0 unspecified atom stereocenters. The Morgan fingerprint density at radius 3 is 2.44 bits per heavy atom. The van der Waals surface area contributed by atoms with E-state index in [9.17, 15) is 10.2 Å². The molecule has 27 heavy (non-hydrogen) atoms. The van der Waals surface area contributed by atoms with Gasteiger partial charge < -0.3 is 14.6 Å². The van der Waals surface area contributed by atoms with Gasteiger partial charge in [0.05, 0.1) is 12.2 Å². The van der Waals surface area contributed by atoms with Crippen LogP contribution in [-0.4, -0.2) is 37.3 Å². The van der Waals surface area contributed by atoms with Crippen molar-refractivity contribution in [2.45, 2.75) is 97.1 Å². The van der Waals surface area contributed by atoms with Gasteiger partial charge in [-0.05, 0) is 101 Å². The number of aliphatic hydroxyl groups excluding tert-OH is 2. The summed E-state index contributed by atoms with van der Waals surface area (Å²) in [7, 11) is -1.60. The molecular weight excluding hydrogens is 352 g/mol. The van der Waals surface area contributed by atoms with Crippen LogP contribution in [0, 0.1) is 28.6 Å². The van der Waals surface area contributed by atoms with Gasteiger partial charge in [-0.2, -0.15) is 0 Å². The Balaban J connectivity index is 1.73. The SMILES string of the molecule is CC1=C2C[C@@H](O)CC[C@]2(CO[Si](C)(C)C)[C@H]2CC[C@]3(C)[C@@H](O)CC[C@H]3[C@@H]2C1. The molecule has 0 heterocycles. The second kappa shape index (κ2) is 6.68. The molecule has 4 heteroatoms. The maximum absolute atomic E-state index is 10.7. The van der Waals surface area contributed by atoms with Crippen LogP contribution in [0.4, 0.5) is 0 Å². The fraction of sp³-hybridized carbons (Fsp3) is 0.913. The van der Waals surface area contributed by atoms with Crippen molar-refractivity contribution in [1.29, 1.82) is 0 Å². The zero-order valence-corrected chi connectivity index (χ0v) is 19.1. The predicted octanol–water partition coefficient (Wildman–Crippen LogP) is 4.89. The number of allylic oxidation sites excluding steroid dienone is 1. The summed E-state index contributed by atoms with van der Waals surface area (Å²) in [5, 5.41) is 21.1. The Kier molecular flexibility index (Phi) is 4.98. The molecule has 0 radical (unpaired) electrons. The fourth-order valence-electron chi connectivity index (χ4n) is 7.44. The van der Waals surface area contributed by atoms with E-state index in [0.717, 1.165) is 38.7 Å². The number of rotatable bonds is 3. The highest BCUT2D eigenvalue weighted by Gasteiger charge is 2.60. The van der Waals surface area contributed by atoms with E-state index in [0.29, 0.717) is 17.8 Å². The van der Waals surface area contributed by atoms with Gasteiger partial charge in [0.1, 0.15) is 0 Å². The molecule has 4 rings (SSSR count). The zero-order chi connectivity index (χ0) is 19.6. The fourth-order valence-corrected chi connectivity index (χ4v) is 8.13. The predicted molar refractivity (Wildman–Crippen MR) is 112 cm³/mol. The first-order valence-electron chi connectivity index (χ1n) is 11.3. The minimum Gasteiger partial charge on any atom is -0.417 e. The Labute approximate surface area is 166 Å². The highest BCUT2D eigenvalue weighted by molar-refractivity contribution is 6.69. The average molecular weight is 393 g/mol. The molecule has 3 fully saturated rings. The summed E-state index contributed by atoms with van der Waals surface area (Å²) >= 11 is 0. The second-order valence-electron chi connectivity index (χ2n) is 11.4. The highest BCUT2D eigenvalue weighted by Crippen LogP contribution is 2.66. The largest absolute Gasteiger partial charge is 0.417 e. The molecule has 4 aliphatic carbocycles. The van der Waals surface area contributed by atoms with Crippen molar-refractivity contribution in [3.05, 3.63) is 11.1 Å². The van der Waals surface area contributed by atoms with E-state index in [1.165, 1.54) is 24.8 Å². The molecule has 7 atom stereocenters. The minimum absolute atomic E-state index is 0.114. The van der Waals surface area contributed by atoms with Gasteiger partial charge in [-0.1, -0.05) is 18.1 Å². The van der Waals surface area contributed by atoms with Crippen molar-refractivity contribution < 1.29 is 14.6 Å². The Morgan fingerprint density at radius 1 is 1.00 bits per heavy atom. The van der Waals surface area contributed by atoms with Crippen molar-refractivity contribution in [2.75, 3.05) is 6.61 Å². The van der Waals surface area contributed by atoms with Gasteiger partial charge in [-0.25, -0.2) is 0 Å². The summed E-state index contributed by atoms with van der Waals surface area (Å²) in [4.78, 5) is 0. The lowest BCUT2D eigenvalue weighted by Crippen LogP contribution is -2.55. The molecule has 0 saturated heterocycles. The van der Waals surface area contributed by atoms with Gasteiger partial charge in [0, 0.05) is 12.0 Å². The molecule has 4 aliphatic rings. The van der Waals surface area contributed by atoms with Crippen LogP contribution in [0.25, 0.3) is 0 Å². The molecule has 0 bridgehead atoms. The third-order valence-corrected chi connectivity index (χ3v) is 9.89. The van der Waals surface area contributed by atoms with E-state index < -0.39 is 8.32 Å². The lowest BCUT2D eigenvalue weighted by molar-refractivity contribution is -0.0888. The minimum atomic E-state index is -1.60. The van der Waals surface area contributed by atoms with Gasteiger partial charge in [0.25, 0.3) is 0 Å². The Bertz CT molecular complexity index is 624. The first-order valence-corrected chi connectivity index (χ1v) is 14.7. The maximum atomic E-state index is 10.7. The van der Waals surface area contributed by atoms with Gasteiger partial charge in [-0.15, -0.1) is 0 Å². The van der Waals surface area contributed by atoms with Crippen molar-refractivity contribution in [2.24, 2.45) is 28.6 Å². The zero-order valence-electron chi connectivity index (χ0n) is 18.1. The Hall–Kier alpha value is -0.163. The first kappa shape index (κ1) is 20.1. The normalized spacial score (nSPS) is 47.4. The molecule has 0 aliphatic heterocycles. The lowest BCUT2D eigenvalue weighted by Gasteiger charge is -2.59. The van der Waals surface area contributed by atoms with Gasteiger partial charge in [0.2, 0.25) is 0 Å². The molecule has 0 aromatic carbocycles. The van der Waals surface area contributed by atoms with Crippen LogP contribution < -0.4 is 0 Å². The first-order chi connectivity index (χ1) is 12.6. The third-order valence-electron chi connectivity index (χ3n) is 8.88. The van der Waals surface area contributed by atoms with Crippen molar-refractivity contribution in [1.82, 2.24) is 0 Å². The smallest absolute Gasteiger partial charge is 0.183 e. The summed E-state index contributed by atoms with van der Waals surface area (Å²) in [6.07, 6.45) is 8.29. The van der Waals surface area contributed by atoms with E-state index in [1.54, 1.807) is 5.57 Å². The monoisotopic (exact) mass is 392 g/mol. The van der Waals surface area contributed by atoms with E-state index in [-0.39, 0.29) is 23.0 Å². The third kappa shape index (κ3) is 3.19. The van der Waals surface area contributed by atoms with Crippen LogP contribution in [0.2, 0.25) is 19.6 Å². The topological polar surface area (TPSA) is 49.7 Å². The van der Waals surface area contributed by atoms with Crippen molar-refractivity contribution in [3.63, 3.8) is 0 Å². The molecule has 0 amide bonds. The number of hydrogen-bond acceptors (Lipinski definition) is 3. The van der Waals surface area contributed by atoms with Crippen LogP contribution in [0.15, 0.2) is 11.1 Å². The molecule has 2 N–H and O–H groups in total. The molecule has 0 aromatic heterocycles. The van der Waals surface area contributed by atoms with Crippen LogP contribution in [0.1, 0.15) is 65.2 Å². The summed E-state index contributed by atoms with van der Waals surface area (Å²) in [5.41, 5.74) is 3.33. The van der Waals surface area contributed by atoms with Crippen LogP contribution in [0.3, 0.4) is 0 Å². The molecule has 0 aromatic rings. The molecule has 0 spiro atoms. The molecule has 3 nitrogen and oxygen atoms in total. The van der Waals surface area contributed by atoms with Crippen molar-refractivity contribution in [3.8, 4) is 0 Å². The summed E-state index contributed by atoms with van der Waals surface area (Å²) < 4.78 is 6.59. The van der Waals surface area contributed by atoms with E-state index >= 15 is 0 Å². The van der Waals surface area contributed by atoms with E-state index in [1.807, 2.05) is 0 Å². The number of aliphatic hydroxyl groups is 2.